The summed E-state index contributed by atoms with van der Waals surface area (Å²) in [6.07, 6.45) is 9.52. The van der Waals surface area contributed by atoms with Crippen molar-refractivity contribution < 1.29 is 4.74 Å². The van der Waals surface area contributed by atoms with Gasteiger partial charge in [0.1, 0.15) is 0 Å². The lowest BCUT2D eigenvalue weighted by Crippen LogP contribution is -2.38. The minimum Gasteiger partial charge on any atom is -0.377 e. The molecule has 0 aromatic carbocycles. The van der Waals surface area contributed by atoms with E-state index in [4.69, 9.17) is 10.5 Å². The molecule has 0 saturated heterocycles. The van der Waals surface area contributed by atoms with Crippen molar-refractivity contribution in [3.63, 3.8) is 0 Å². The molecule has 1 unspecified atom stereocenters. The van der Waals surface area contributed by atoms with Crippen LogP contribution < -0.4 is 5.73 Å². The van der Waals surface area contributed by atoms with Gasteiger partial charge in [0.2, 0.25) is 0 Å². The summed E-state index contributed by atoms with van der Waals surface area (Å²) in [7, 11) is 1.78. The smallest absolute Gasteiger partial charge is 0.0775 e. The van der Waals surface area contributed by atoms with Gasteiger partial charge in [-0.15, -0.1) is 0 Å². The summed E-state index contributed by atoms with van der Waals surface area (Å²) >= 11 is 0. The van der Waals surface area contributed by atoms with Gasteiger partial charge in [-0.25, -0.2) is 0 Å². The summed E-state index contributed by atoms with van der Waals surface area (Å²) < 4.78 is 5.51. The van der Waals surface area contributed by atoms with Crippen molar-refractivity contribution in [3.05, 3.63) is 0 Å². The van der Waals surface area contributed by atoms with Gasteiger partial charge in [-0.2, -0.15) is 0 Å². The van der Waals surface area contributed by atoms with E-state index >= 15 is 0 Å². The molecule has 0 aromatic rings. The molecule has 0 aliphatic heterocycles. The molecule has 1 saturated carbocycles. The van der Waals surface area contributed by atoms with Crippen LogP contribution in [0.2, 0.25) is 0 Å². The molecule has 0 aromatic heterocycles. The Labute approximate surface area is 88.2 Å². The van der Waals surface area contributed by atoms with Gasteiger partial charge in [0, 0.05) is 13.7 Å². The fourth-order valence-electron chi connectivity index (χ4n) is 2.43. The zero-order valence-electron chi connectivity index (χ0n) is 9.72. The monoisotopic (exact) mass is 199 g/mol. The Hall–Kier alpha value is -0.0800. The van der Waals surface area contributed by atoms with E-state index in [1.807, 2.05) is 0 Å². The number of hydrogen-bond acceptors (Lipinski definition) is 2. The molecule has 0 heterocycles. The Balaban J connectivity index is 2.39. The lowest BCUT2D eigenvalue weighted by Gasteiger charge is -2.30. The van der Waals surface area contributed by atoms with Crippen LogP contribution in [0, 0.1) is 5.92 Å². The van der Waals surface area contributed by atoms with Crippen molar-refractivity contribution in [3.8, 4) is 0 Å². The quantitative estimate of drug-likeness (QED) is 0.707. The van der Waals surface area contributed by atoms with Crippen molar-refractivity contribution in [1.29, 1.82) is 0 Å². The molecule has 0 radical (unpaired) electrons. The van der Waals surface area contributed by atoms with Crippen LogP contribution in [-0.4, -0.2) is 19.3 Å². The zero-order valence-corrected chi connectivity index (χ0v) is 9.72. The fraction of sp³-hybridized carbons (Fsp3) is 1.00. The van der Waals surface area contributed by atoms with Crippen LogP contribution in [0.15, 0.2) is 0 Å². The van der Waals surface area contributed by atoms with Crippen LogP contribution in [0.1, 0.15) is 51.9 Å². The second-order valence-electron chi connectivity index (χ2n) is 4.92. The maximum atomic E-state index is 5.75. The van der Waals surface area contributed by atoms with Gasteiger partial charge in [0.05, 0.1) is 5.60 Å². The highest BCUT2D eigenvalue weighted by atomic mass is 16.5. The molecule has 2 nitrogen and oxygen atoms in total. The predicted octanol–water partition coefficient (Wildman–Crippen LogP) is 2.71. The van der Waals surface area contributed by atoms with Crippen molar-refractivity contribution >= 4 is 0 Å². The maximum absolute atomic E-state index is 5.75. The largest absolute Gasteiger partial charge is 0.377 e. The van der Waals surface area contributed by atoms with Gasteiger partial charge in [-0.1, -0.05) is 38.5 Å². The van der Waals surface area contributed by atoms with Crippen LogP contribution in [0.3, 0.4) is 0 Å². The summed E-state index contributed by atoms with van der Waals surface area (Å²) in [5.74, 6) is 0.839. The van der Waals surface area contributed by atoms with Crippen molar-refractivity contribution in [2.75, 3.05) is 13.7 Å². The summed E-state index contributed by atoms with van der Waals surface area (Å²) in [6.45, 7) is 2.78. The molecule has 0 spiro atoms. The van der Waals surface area contributed by atoms with E-state index in [9.17, 15) is 0 Å². The first-order valence-corrected chi connectivity index (χ1v) is 5.95. The van der Waals surface area contributed by atoms with Crippen LogP contribution in [0.4, 0.5) is 0 Å². The molecule has 2 heteroatoms. The van der Waals surface area contributed by atoms with Gasteiger partial charge in [0.25, 0.3) is 0 Å². The highest BCUT2D eigenvalue weighted by molar-refractivity contribution is 4.80. The Morgan fingerprint density at radius 1 is 1.21 bits per heavy atom. The lowest BCUT2D eigenvalue weighted by molar-refractivity contribution is -0.00801. The van der Waals surface area contributed by atoms with E-state index in [1.165, 1.54) is 38.5 Å². The molecule has 14 heavy (non-hydrogen) atoms. The van der Waals surface area contributed by atoms with Crippen LogP contribution >= 0.6 is 0 Å². The van der Waals surface area contributed by atoms with Gasteiger partial charge in [-0.3, -0.25) is 0 Å². The van der Waals surface area contributed by atoms with Crippen molar-refractivity contribution in [2.45, 2.75) is 57.5 Å². The molecule has 1 rings (SSSR count). The highest BCUT2D eigenvalue weighted by Crippen LogP contribution is 2.30. The van der Waals surface area contributed by atoms with Gasteiger partial charge >= 0.3 is 0 Å². The third-order valence-corrected chi connectivity index (χ3v) is 3.62. The van der Waals surface area contributed by atoms with Crippen molar-refractivity contribution in [1.82, 2.24) is 0 Å². The zero-order chi connectivity index (χ0) is 10.4. The summed E-state index contributed by atoms with van der Waals surface area (Å²) in [6, 6.07) is 0. The molecule has 84 valence electrons. The van der Waals surface area contributed by atoms with E-state index in [1.54, 1.807) is 7.11 Å². The number of hydrogen-bond donors (Lipinski definition) is 1. The van der Waals surface area contributed by atoms with Gasteiger partial charge in [0.15, 0.2) is 0 Å². The lowest BCUT2D eigenvalue weighted by atomic mass is 9.87. The van der Waals surface area contributed by atoms with E-state index in [-0.39, 0.29) is 5.60 Å². The van der Waals surface area contributed by atoms with E-state index in [0.29, 0.717) is 6.54 Å². The van der Waals surface area contributed by atoms with Gasteiger partial charge < -0.3 is 10.5 Å². The highest BCUT2D eigenvalue weighted by Gasteiger charge is 2.26. The molecule has 1 aliphatic rings. The van der Waals surface area contributed by atoms with E-state index in [2.05, 4.69) is 6.92 Å². The Bertz CT molecular complexity index is 146. The average Bonchev–Trinajstić information content (AvgIpc) is 2.46. The molecule has 1 atom stereocenters. The van der Waals surface area contributed by atoms with Crippen LogP contribution in [-0.2, 0) is 4.74 Å². The first-order valence-electron chi connectivity index (χ1n) is 5.95. The third-order valence-electron chi connectivity index (χ3n) is 3.62. The number of rotatable bonds is 4. The standard InChI is InChI=1S/C12H25NO/c1-12(10-13,14-2)9-11-7-5-3-4-6-8-11/h11H,3-10,13H2,1-2H3. The summed E-state index contributed by atoms with van der Waals surface area (Å²) in [5, 5.41) is 0. The molecule has 1 aliphatic carbocycles. The Morgan fingerprint density at radius 3 is 2.21 bits per heavy atom. The minimum absolute atomic E-state index is 0.0883. The summed E-state index contributed by atoms with van der Waals surface area (Å²) in [4.78, 5) is 0. The SMILES string of the molecule is COC(C)(CN)CC1CCCCCC1. The topological polar surface area (TPSA) is 35.2 Å². The fourth-order valence-corrected chi connectivity index (χ4v) is 2.43. The minimum atomic E-state index is -0.0883. The molecule has 0 bridgehead atoms. The molecular formula is C12H25NO. The van der Waals surface area contributed by atoms with Crippen molar-refractivity contribution in [2.24, 2.45) is 11.7 Å². The second-order valence-corrected chi connectivity index (χ2v) is 4.92. The molecule has 1 fully saturated rings. The molecule has 0 amide bonds. The predicted molar refractivity (Wildman–Crippen MR) is 60.3 cm³/mol. The van der Waals surface area contributed by atoms with E-state index in [0.717, 1.165) is 12.3 Å². The van der Waals surface area contributed by atoms with E-state index < -0.39 is 0 Å². The number of methoxy groups -OCH3 is 1. The normalized spacial score (nSPS) is 24.2. The first kappa shape index (κ1) is 12.0. The molecule has 2 N–H and O–H groups in total. The number of nitrogens with two attached hydrogens (primary N) is 1. The maximum Gasteiger partial charge on any atom is 0.0775 e. The summed E-state index contributed by atoms with van der Waals surface area (Å²) in [5.41, 5.74) is 5.66. The Morgan fingerprint density at radius 2 is 1.79 bits per heavy atom. The average molecular weight is 199 g/mol. The van der Waals surface area contributed by atoms with Gasteiger partial charge in [-0.05, 0) is 19.3 Å². The first-order chi connectivity index (χ1) is 6.70. The van der Waals surface area contributed by atoms with Crippen LogP contribution in [0.5, 0.6) is 0 Å². The number of ether oxygens (including phenoxy) is 1. The second kappa shape index (κ2) is 5.72. The third kappa shape index (κ3) is 3.58. The van der Waals surface area contributed by atoms with Crippen LogP contribution in [0.25, 0.3) is 0 Å². The molecular weight excluding hydrogens is 174 g/mol. The Kier molecular flexibility index (Phi) is 4.90.